The van der Waals surface area contributed by atoms with E-state index in [0.29, 0.717) is 16.6 Å². The van der Waals surface area contributed by atoms with Crippen LogP contribution < -0.4 is 9.88 Å². The van der Waals surface area contributed by atoms with Gasteiger partial charge in [0.15, 0.2) is 5.82 Å². The highest BCUT2D eigenvalue weighted by Crippen LogP contribution is 2.37. The fourth-order valence-electron chi connectivity index (χ4n) is 1.98. The van der Waals surface area contributed by atoms with Crippen LogP contribution in [0.1, 0.15) is 24.7 Å². The van der Waals surface area contributed by atoms with Gasteiger partial charge < -0.3 is 4.74 Å². The summed E-state index contributed by atoms with van der Waals surface area (Å²) in [5.74, 6) is 1.05. The second-order valence-electron chi connectivity index (χ2n) is 4.79. The van der Waals surface area contributed by atoms with Crippen molar-refractivity contribution in [3.05, 3.63) is 35.1 Å². The molecule has 2 N–H and O–H groups in total. The summed E-state index contributed by atoms with van der Waals surface area (Å²) < 4.78 is 30.1. The summed E-state index contributed by atoms with van der Waals surface area (Å²) in [6.45, 7) is 0.112. The SMILES string of the molecule is NS(=O)(=O)c1nnc(COc2ccc(Cl)cc2)n1C1CC1. The molecule has 1 aromatic heterocycles. The first-order valence-corrected chi connectivity index (χ1v) is 8.22. The lowest BCUT2D eigenvalue weighted by molar-refractivity contribution is 0.287. The Morgan fingerprint density at radius 1 is 1.29 bits per heavy atom. The molecule has 0 spiro atoms. The zero-order valence-electron chi connectivity index (χ0n) is 10.9. The molecule has 3 rings (SSSR count). The van der Waals surface area contributed by atoms with Crippen LogP contribution in [0.3, 0.4) is 0 Å². The van der Waals surface area contributed by atoms with Gasteiger partial charge in [0.1, 0.15) is 12.4 Å². The Morgan fingerprint density at radius 2 is 1.95 bits per heavy atom. The van der Waals surface area contributed by atoms with E-state index in [0.717, 1.165) is 12.8 Å². The molecule has 0 bridgehead atoms. The summed E-state index contributed by atoms with van der Waals surface area (Å²) in [5, 5.41) is 13.1. The molecule has 1 heterocycles. The van der Waals surface area contributed by atoms with Gasteiger partial charge in [0.05, 0.1) is 0 Å². The third-order valence-corrected chi connectivity index (χ3v) is 4.12. The number of sulfonamides is 1. The van der Waals surface area contributed by atoms with Gasteiger partial charge in [0, 0.05) is 11.1 Å². The molecule has 21 heavy (non-hydrogen) atoms. The van der Waals surface area contributed by atoms with Gasteiger partial charge in [-0.25, -0.2) is 13.6 Å². The minimum Gasteiger partial charge on any atom is -0.486 e. The molecule has 0 amide bonds. The Kier molecular flexibility index (Phi) is 3.60. The number of primary sulfonamides is 1. The number of halogens is 1. The van der Waals surface area contributed by atoms with Crippen LogP contribution in [0, 0.1) is 0 Å². The van der Waals surface area contributed by atoms with E-state index < -0.39 is 10.0 Å². The van der Waals surface area contributed by atoms with Crippen LogP contribution in [0.2, 0.25) is 5.02 Å². The van der Waals surface area contributed by atoms with E-state index in [1.54, 1.807) is 28.8 Å². The Labute approximate surface area is 126 Å². The number of rotatable bonds is 5. The van der Waals surface area contributed by atoms with Gasteiger partial charge in [0.2, 0.25) is 0 Å². The van der Waals surface area contributed by atoms with E-state index in [9.17, 15) is 8.42 Å². The quantitative estimate of drug-likeness (QED) is 0.896. The van der Waals surface area contributed by atoms with Crippen molar-refractivity contribution in [2.45, 2.75) is 30.6 Å². The van der Waals surface area contributed by atoms with Crippen molar-refractivity contribution < 1.29 is 13.2 Å². The normalized spacial score (nSPS) is 15.1. The molecule has 1 aliphatic carbocycles. The highest BCUT2D eigenvalue weighted by atomic mass is 35.5. The van der Waals surface area contributed by atoms with Crippen molar-refractivity contribution in [2.75, 3.05) is 0 Å². The van der Waals surface area contributed by atoms with Gasteiger partial charge in [-0.2, -0.15) is 0 Å². The Morgan fingerprint density at radius 3 is 2.52 bits per heavy atom. The summed E-state index contributed by atoms with van der Waals surface area (Å²) in [5.41, 5.74) is 0. The summed E-state index contributed by atoms with van der Waals surface area (Å²) >= 11 is 5.79. The maximum Gasteiger partial charge on any atom is 0.273 e. The second kappa shape index (κ2) is 5.28. The number of hydrogen-bond donors (Lipinski definition) is 1. The number of benzene rings is 1. The Bertz CT molecular complexity index is 753. The zero-order chi connectivity index (χ0) is 15.0. The molecule has 2 aromatic rings. The van der Waals surface area contributed by atoms with E-state index in [2.05, 4.69) is 10.2 Å². The average Bonchev–Trinajstić information content (AvgIpc) is 3.16. The number of nitrogens with zero attached hydrogens (tertiary/aromatic N) is 3. The maximum absolute atomic E-state index is 11.5. The predicted octanol–water partition coefficient (Wildman–Crippen LogP) is 1.49. The molecule has 0 saturated heterocycles. The summed E-state index contributed by atoms with van der Waals surface area (Å²) in [6, 6.07) is 6.94. The van der Waals surface area contributed by atoms with Crippen molar-refractivity contribution in [1.82, 2.24) is 14.8 Å². The molecule has 1 saturated carbocycles. The van der Waals surface area contributed by atoms with Crippen molar-refractivity contribution in [3.8, 4) is 5.75 Å². The van der Waals surface area contributed by atoms with Crippen molar-refractivity contribution >= 4 is 21.6 Å². The third kappa shape index (κ3) is 3.17. The van der Waals surface area contributed by atoms with Gasteiger partial charge in [0.25, 0.3) is 15.2 Å². The first kappa shape index (κ1) is 14.3. The van der Waals surface area contributed by atoms with Crippen LogP contribution in [-0.2, 0) is 16.6 Å². The highest BCUT2D eigenvalue weighted by molar-refractivity contribution is 7.89. The lowest BCUT2D eigenvalue weighted by atomic mass is 10.3. The molecule has 0 aliphatic heterocycles. The number of ether oxygens (including phenoxy) is 1. The average molecular weight is 329 g/mol. The molecule has 1 aromatic carbocycles. The minimum atomic E-state index is -3.89. The van der Waals surface area contributed by atoms with E-state index in [4.69, 9.17) is 21.5 Å². The summed E-state index contributed by atoms with van der Waals surface area (Å²) in [4.78, 5) is 0. The first-order valence-electron chi connectivity index (χ1n) is 6.30. The van der Waals surface area contributed by atoms with Crippen LogP contribution in [-0.4, -0.2) is 23.2 Å². The Balaban J connectivity index is 1.82. The Hall–Kier alpha value is -1.64. The van der Waals surface area contributed by atoms with Crippen molar-refractivity contribution in [2.24, 2.45) is 5.14 Å². The fraction of sp³-hybridized carbons (Fsp3) is 0.333. The number of nitrogens with two attached hydrogens (primary N) is 1. The van der Waals surface area contributed by atoms with E-state index >= 15 is 0 Å². The van der Waals surface area contributed by atoms with Gasteiger partial charge in [-0.1, -0.05) is 11.6 Å². The predicted molar refractivity (Wildman–Crippen MR) is 75.5 cm³/mol. The molecule has 0 unspecified atom stereocenters. The lowest BCUT2D eigenvalue weighted by Crippen LogP contribution is -2.19. The lowest BCUT2D eigenvalue weighted by Gasteiger charge is -2.09. The van der Waals surface area contributed by atoms with Crippen LogP contribution in [0.15, 0.2) is 29.4 Å². The third-order valence-electron chi connectivity index (χ3n) is 3.08. The fourth-order valence-corrected chi connectivity index (χ4v) is 2.79. The van der Waals surface area contributed by atoms with Crippen molar-refractivity contribution in [3.63, 3.8) is 0 Å². The van der Waals surface area contributed by atoms with Gasteiger partial charge >= 0.3 is 0 Å². The molecule has 1 aliphatic rings. The largest absolute Gasteiger partial charge is 0.486 e. The number of aromatic nitrogens is 3. The van der Waals surface area contributed by atoms with E-state index in [1.165, 1.54) is 0 Å². The molecule has 0 atom stereocenters. The molecular formula is C12H13ClN4O3S. The standard InChI is InChI=1S/C12H13ClN4O3S/c13-8-1-5-10(6-2-8)20-7-11-15-16-12(21(14,18)19)17(11)9-3-4-9/h1-2,5-6,9H,3-4,7H2,(H2,14,18,19). The van der Waals surface area contributed by atoms with Gasteiger partial charge in [-0.15, -0.1) is 10.2 Å². The number of hydrogen-bond acceptors (Lipinski definition) is 5. The maximum atomic E-state index is 11.5. The van der Waals surface area contributed by atoms with E-state index in [1.807, 2.05) is 0 Å². The smallest absolute Gasteiger partial charge is 0.273 e. The highest BCUT2D eigenvalue weighted by Gasteiger charge is 2.33. The minimum absolute atomic E-state index is 0.0807. The van der Waals surface area contributed by atoms with Crippen LogP contribution in [0.5, 0.6) is 5.75 Å². The van der Waals surface area contributed by atoms with Gasteiger partial charge in [-0.05, 0) is 37.1 Å². The first-order chi connectivity index (χ1) is 9.95. The van der Waals surface area contributed by atoms with E-state index in [-0.39, 0.29) is 17.8 Å². The van der Waals surface area contributed by atoms with Crippen LogP contribution in [0.4, 0.5) is 0 Å². The molecule has 9 heteroatoms. The monoisotopic (exact) mass is 328 g/mol. The zero-order valence-corrected chi connectivity index (χ0v) is 12.5. The van der Waals surface area contributed by atoms with Crippen LogP contribution >= 0.6 is 11.6 Å². The second-order valence-corrected chi connectivity index (χ2v) is 6.68. The summed E-state index contributed by atoms with van der Waals surface area (Å²) in [6.07, 6.45) is 1.77. The molecule has 0 radical (unpaired) electrons. The molecule has 1 fully saturated rings. The topological polar surface area (TPSA) is 100 Å². The molecular weight excluding hydrogens is 316 g/mol. The molecule has 7 nitrogen and oxygen atoms in total. The van der Waals surface area contributed by atoms with Crippen LogP contribution in [0.25, 0.3) is 0 Å². The van der Waals surface area contributed by atoms with Crippen molar-refractivity contribution in [1.29, 1.82) is 0 Å². The summed E-state index contributed by atoms with van der Waals surface area (Å²) in [7, 11) is -3.89. The molecule has 112 valence electrons. The van der Waals surface area contributed by atoms with Gasteiger partial charge in [-0.3, -0.25) is 4.57 Å².